The van der Waals surface area contributed by atoms with Crippen molar-refractivity contribution in [2.45, 2.75) is 45.3 Å². The van der Waals surface area contributed by atoms with Crippen molar-refractivity contribution in [1.29, 1.82) is 0 Å². The zero-order chi connectivity index (χ0) is 13.4. The minimum Gasteiger partial charge on any atom is -0.465 e. The molecule has 2 aliphatic heterocycles. The Kier molecular flexibility index (Phi) is 3.50. The summed E-state index contributed by atoms with van der Waals surface area (Å²) in [6.45, 7) is 12.5. The van der Waals surface area contributed by atoms with E-state index < -0.39 is 0 Å². The van der Waals surface area contributed by atoms with Crippen molar-refractivity contribution >= 4 is 0 Å². The van der Waals surface area contributed by atoms with Gasteiger partial charge in [0.25, 0.3) is 0 Å². The second-order valence-electron chi connectivity index (χ2n) is 5.92. The van der Waals surface area contributed by atoms with Gasteiger partial charge in [-0.2, -0.15) is 0 Å². The molecule has 0 aromatic carbocycles. The van der Waals surface area contributed by atoms with Crippen LogP contribution in [0.1, 0.15) is 29.9 Å². The van der Waals surface area contributed by atoms with E-state index in [9.17, 15) is 0 Å². The average Bonchev–Trinajstić information content (AvgIpc) is 3.01. The Morgan fingerprint density at radius 1 is 1.26 bits per heavy atom. The molecule has 0 amide bonds. The van der Waals surface area contributed by atoms with E-state index in [-0.39, 0.29) is 0 Å². The Labute approximate surface area is 115 Å². The van der Waals surface area contributed by atoms with Gasteiger partial charge >= 0.3 is 0 Å². The van der Waals surface area contributed by atoms with E-state index in [2.05, 4.69) is 29.4 Å². The van der Waals surface area contributed by atoms with Crippen LogP contribution in [0.4, 0.5) is 0 Å². The van der Waals surface area contributed by atoms with Crippen molar-refractivity contribution in [2.75, 3.05) is 19.6 Å². The largest absolute Gasteiger partial charge is 0.465 e. The number of fused-ring (bicyclic) bond motifs is 1. The van der Waals surface area contributed by atoms with Crippen LogP contribution in [-0.4, -0.2) is 41.5 Å². The summed E-state index contributed by atoms with van der Waals surface area (Å²) >= 11 is 0. The Morgan fingerprint density at radius 3 is 2.58 bits per heavy atom. The van der Waals surface area contributed by atoms with E-state index in [0.717, 1.165) is 30.7 Å². The number of rotatable bonds is 4. The van der Waals surface area contributed by atoms with Crippen molar-refractivity contribution < 1.29 is 4.42 Å². The Morgan fingerprint density at radius 2 is 1.95 bits per heavy atom. The molecule has 0 saturated carbocycles. The molecule has 2 atom stereocenters. The third-order valence-corrected chi connectivity index (χ3v) is 4.75. The topological polar surface area (TPSA) is 19.6 Å². The fraction of sp³-hybridized carbons (Fsp3) is 0.625. The maximum atomic E-state index is 5.83. The minimum atomic E-state index is 0.714. The Hall–Kier alpha value is -1.06. The van der Waals surface area contributed by atoms with Gasteiger partial charge in [0, 0.05) is 31.7 Å². The molecule has 3 heterocycles. The predicted octanol–water partition coefficient (Wildman–Crippen LogP) is 2.73. The maximum absolute atomic E-state index is 5.83. The van der Waals surface area contributed by atoms with Crippen molar-refractivity contribution in [3.05, 3.63) is 35.8 Å². The summed E-state index contributed by atoms with van der Waals surface area (Å²) in [5.74, 6) is 2.18. The molecule has 1 aromatic rings. The molecule has 3 rings (SSSR count). The molecule has 0 N–H and O–H groups in total. The maximum Gasteiger partial charge on any atom is 0.118 e. The summed E-state index contributed by atoms with van der Waals surface area (Å²) in [6, 6.07) is 3.64. The second-order valence-corrected chi connectivity index (χ2v) is 5.92. The lowest BCUT2D eigenvalue weighted by atomic mass is 10.1. The van der Waals surface area contributed by atoms with Crippen LogP contribution in [0.3, 0.4) is 0 Å². The van der Waals surface area contributed by atoms with Crippen molar-refractivity contribution in [3.63, 3.8) is 0 Å². The molecule has 3 heteroatoms. The zero-order valence-electron chi connectivity index (χ0n) is 12.1. The number of furan rings is 1. The molecular weight excluding hydrogens is 236 g/mol. The number of hydrogen-bond acceptors (Lipinski definition) is 3. The molecule has 1 aromatic heterocycles. The second kappa shape index (κ2) is 5.14. The fourth-order valence-corrected chi connectivity index (χ4v) is 3.68. The fourth-order valence-electron chi connectivity index (χ4n) is 3.68. The highest BCUT2D eigenvalue weighted by atomic mass is 16.3. The number of nitrogens with zero attached hydrogens (tertiary/aromatic N) is 2. The van der Waals surface area contributed by atoms with Gasteiger partial charge in [0.2, 0.25) is 0 Å². The molecule has 19 heavy (non-hydrogen) atoms. The van der Waals surface area contributed by atoms with E-state index in [1.54, 1.807) is 0 Å². The summed E-state index contributed by atoms with van der Waals surface area (Å²) in [5, 5.41) is 0. The molecule has 3 nitrogen and oxygen atoms in total. The first-order valence-corrected chi connectivity index (χ1v) is 7.34. The van der Waals surface area contributed by atoms with Crippen molar-refractivity contribution in [2.24, 2.45) is 0 Å². The molecule has 104 valence electrons. The summed E-state index contributed by atoms with van der Waals surface area (Å²) in [4.78, 5) is 5.18. The number of aryl methyl sites for hydroxylation is 2. The van der Waals surface area contributed by atoms with Crippen molar-refractivity contribution in [1.82, 2.24) is 9.80 Å². The third kappa shape index (κ3) is 2.37. The quantitative estimate of drug-likeness (QED) is 0.776. The lowest BCUT2D eigenvalue weighted by Gasteiger charge is -2.24. The monoisotopic (exact) mass is 260 g/mol. The molecule has 2 fully saturated rings. The van der Waals surface area contributed by atoms with Gasteiger partial charge in [0.05, 0.1) is 6.54 Å². The number of likely N-dealkylation sites (tertiary alicyclic amines) is 2. The van der Waals surface area contributed by atoms with Crippen LogP contribution < -0.4 is 0 Å². The van der Waals surface area contributed by atoms with E-state index in [4.69, 9.17) is 4.42 Å². The van der Waals surface area contributed by atoms with Crippen LogP contribution in [0, 0.1) is 13.8 Å². The summed E-state index contributed by atoms with van der Waals surface area (Å²) in [5.41, 5.74) is 1.27. The molecule has 0 radical (unpaired) electrons. The van der Waals surface area contributed by atoms with Crippen LogP contribution in [0.15, 0.2) is 23.1 Å². The summed E-state index contributed by atoms with van der Waals surface area (Å²) in [7, 11) is 0. The molecule has 2 saturated heterocycles. The highest BCUT2D eigenvalue weighted by Crippen LogP contribution is 2.32. The van der Waals surface area contributed by atoms with Crippen LogP contribution in [0.5, 0.6) is 0 Å². The van der Waals surface area contributed by atoms with Gasteiger partial charge in [-0.3, -0.25) is 9.80 Å². The van der Waals surface area contributed by atoms with Gasteiger partial charge in [-0.15, -0.1) is 6.58 Å². The van der Waals surface area contributed by atoms with E-state index >= 15 is 0 Å². The lowest BCUT2D eigenvalue weighted by molar-refractivity contribution is 0.211. The van der Waals surface area contributed by atoms with Crippen LogP contribution in [-0.2, 0) is 6.54 Å². The van der Waals surface area contributed by atoms with Crippen molar-refractivity contribution in [3.8, 4) is 0 Å². The van der Waals surface area contributed by atoms with E-state index in [1.807, 2.05) is 13.0 Å². The van der Waals surface area contributed by atoms with Gasteiger partial charge < -0.3 is 4.42 Å². The van der Waals surface area contributed by atoms with Gasteiger partial charge in [0.15, 0.2) is 0 Å². The van der Waals surface area contributed by atoms with E-state index in [0.29, 0.717) is 6.04 Å². The summed E-state index contributed by atoms with van der Waals surface area (Å²) in [6.07, 6.45) is 4.61. The first kappa shape index (κ1) is 12.9. The van der Waals surface area contributed by atoms with Crippen LogP contribution in [0.2, 0.25) is 0 Å². The van der Waals surface area contributed by atoms with Crippen LogP contribution >= 0.6 is 0 Å². The van der Waals surface area contributed by atoms with Gasteiger partial charge in [-0.05, 0) is 38.3 Å². The summed E-state index contributed by atoms with van der Waals surface area (Å²) < 4.78 is 5.83. The van der Waals surface area contributed by atoms with Gasteiger partial charge in [-0.25, -0.2) is 0 Å². The van der Waals surface area contributed by atoms with Gasteiger partial charge in [-0.1, -0.05) is 6.08 Å². The predicted molar refractivity (Wildman–Crippen MR) is 77.2 cm³/mol. The highest BCUT2D eigenvalue weighted by Gasteiger charge is 2.41. The third-order valence-electron chi connectivity index (χ3n) is 4.75. The first-order valence-electron chi connectivity index (χ1n) is 7.34. The molecule has 0 aliphatic carbocycles. The molecule has 0 bridgehead atoms. The highest BCUT2D eigenvalue weighted by molar-refractivity contribution is 5.19. The van der Waals surface area contributed by atoms with Gasteiger partial charge in [0.1, 0.15) is 11.5 Å². The Bertz CT molecular complexity index is 446. The SMILES string of the molecule is C=CCN1CC[C@@H]2[C@@H]1CCN2Cc1cc(C)c(C)o1. The molecular formula is C16H24N2O. The number of hydrogen-bond donors (Lipinski definition) is 0. The molecule has 0 unspecified atom stereocenters. The molecule has 0 spiro atoms. The first-order chi connectivity index (χ1) is 9.19. The minimum absolute atomic E-state index is 0.714. The smallest absolute Gasteiger partial charge is 0.118 e. The standard InChI is InChI=1S/C16H24N2O/c1-4-7-17-8-5-16-15(17)6-9-18(16)11-14-10-12(2)13(3)19-14/h4,10,15-16H,1,5-9,11H2,2-3H3/t15-,16+/m0/s1. The average molecular weight is 260 g/mol. The van der Waals surface area contributed by atoms with E-state index in [1.165, 1.54) is 31.5 Å². The zero-order valence-corrected chi connectivity index (χ0v) is 12.1. The van der Waals surface area contributed by atoms with Crippen LogP contribution in [0.25, 0.3) is 0 Å². The molecule has 2 aliphatic rings. The lowest BCUT2D eigenvalue weighted by Crippen LogP contribution is -2.36. The Balaban J connectivity index is 1.66. The normalized spacial score (nSPS) is 27.9.